The van der Waals surface area contributed by atoms with Crippen molar-refractivity contribution in [1.29, 1.82) is 0 Å². The van der Waals surface area contributed by atoms with Crippen LogP contribution in [0, 0.1) is 0 Å². The van der Waals surface area contributed by atoms with Crippen molar-refractivity contribution in [2.24, 2.45) is 0 Å². The highest BCUT2D eigenvalue weighted by atomic mass is 32.1. The Morgan fingerprint density at radius 2 is 0.951 bits per heavy atom. The fraction of sp³-hybridized carbons (Fsp3) is 0. The van der Waals surface area contributed by atoms with E-state index in [1.165, 1.54) is 0 Å². The molecule has 0 aliphatic heterocycles. The predicted molar refractivity (Wildman–Crippen MR) is 179 cm³/mol. The second-order valence-corrected chi connectivity index (χ2v) is 10.1. The minimum absolute atomic E-state index is 0.0880. The van der Waals surface area contributed by atoms with Crippen molar-refractivity contribution in [3.05, 3.63) is 157 Å². The zero-order valence-corrected chi connectivity index (χ0v) is 22.0. The minimum atomic E-state index is -0.749. The van der Waals surface area contributed by atoms with Gasteiger partial charge in [0.05, 0.1) is 21.9 Å². The summed E-state index contributed by atoms with van der Waals surface area (Å²) in [4.78, 5) is 0. The molecule has 0 atom stereocenters. The van der Waals surface area contributed by atoms with Gasteiger partial charge in [-0.25, -0.2) is 0 Å². The van der Waals surface area contributed by atoms with Crippen LogP contribution in [0.2, 0.25) is 0 Å². The molecule has 0 nitrogen and oxygen atoms in total. The summed E-state index contributed by atoms with van der Waals surface area (Å²) < 4.78 is 146. The molecule has 192 valence electrons. The van der Waals surface area contributed by atoms with Gasteiger partial charge in [-0.05, 0) is 77.9 Å². The van der Waals surface area contributed by atoms with Crippen LogP contribution in [0.4, 0.5) is 0 Å². The van der Waals surface area contributed by atoms with Gasteiger partial charge in [0.1, 0.15) is 0 Å². The zero-order chi connectivity index (χ0) is 41.1. The van der Waals surface area contributed by atoms with Crippen LogP contribution < -0.4 is 0 Å². The lowest BCUT2D eigenvalue weighted by Gasteiger charge is -2.18. The van der Waals surface area contributed by atoms with Crippen LogP contribution in [0.25, 0.3) is 76.1 Å². The molecule has 7 aromatic carbocycles. The molecule has 0 saturated heterocycles. The highest BCUT2D eigenvalue weighted by molar-refractivity contribution is 7.17. The molecule has 0 saturated carbocycles. The summed E-state index contributed by atoms with van der Waals surface area (Å²) in [5.74, 6) is 0. The number of hydrogen-bond acceptors (Lipinski definition) is 1. The van der Waals surface area contributed by atoms with Crippen molar-refractivity contribution in [2.45, 2.75) is 0 Å². The van der Waals surface area contributed by atoms with Gasteiger partial charge >= 0.3 is 0 Å². The number of benzene rings is 7. The van der Waals surface area contributed by atoms with E-state index in [1.54, 1.807) is 60.7 Å². The monoisotopic (exact) mass is 554 g/mol. The third kappa shape index (κ3) is 4.06. The van der Waals surface area contributed by atoms with E-state index in [2.05, 4.69) is 0 Å². The van der Waals surface area contributed by atoms with Crippen LogP contribution in [0.3, 0.4) is 0 Å². The highest BCUT2D eigenvalue weighted by Gasteiger charge is 2.19. The van der Waals surface area contributed by atoms with Crippen molar-refractivity contribution in [3.8, 4) is 44.5 Å². The summed E-state index contributed by atoms with van der Waals surface area (Å²) >= 11 is 0.779. The summed E-state index contributed by atoms with van der Waals surface area (Å²) in [6, 6.07) is 7.71. The van der Waals surface area contributed by atoms with Crippen molar-refractivity contribution in [1.82, 2.24) is 0 Å². The van der Waals surface area contributed by atoms with E-state index in [0.717, 1.165) is 11.3 Å². The molecule has 0 aliphatic rings. The van der Waals surface area contributed by atoms with E-state index < -0.39 is 84.1 Å². The van der Waals surface area contributed by atoms with Crippen LogP contribution in [0.1, 0.15) is 21.9 Å². The van der Waals surface area contributed by atoms with Gasteiger partial charge in [-0.3, -0.25) is 0 Å². The summed E-state index contributed by atoms with van der Waals surface area (Å²) in [7, 11) is 0. The summed E-state index contributed by atoms with van der Waals surface area (Å²) in [5.41, 5.74) is -0.402. The van der Waals surface area contributed by atoms with Crippen LogP contribution in [-0.2, 0) is 0 Å². The maximum Gasteiger partial charge on any atom is 0.0747 e. The minimum Gasteiger partial charge on any atom is -0.143 e. The predicted octanol–water partition coefficient (Wildman–Crippen LogP) is 11.9. The Kier molecular flexibility index (Phi) is 3.06. The normalized spacial score (nSPS) is 16.9. The first kappa shape index (κ1) is 12.7. The van der Waals surface area contributed by atoms with E-state index in [-0.39, 0.29) is 76.9 Å². The SMILES string of the molecule is [2H]c1sc2c([2H])c(-c3ccccc3)c([2H])c([2H])c2c1-c1c2c([2H])c([2H])c([2H])c([2H])c2c(-c2c([2H])c([2H])c([2H])c(-c3ccccc3)c2[2H])c2c([2H])c([2H])c([2H])c([2H])c12. The van der Waals surface area contributed by atoms with Crippen LogP contribution in [-0.4, -0.2) is 0 Å². The van der Waals surface area contributed by atoms with E-state index in [0.29, 0.717) is 11.1 Å². The van der Waals surface area contributed by atoms with Crippen molar-refractivity contribution < 1.29 is 21.9 Å². The Bertz CT molecular complexity index is 2990. The second kappa shape index (κ2) is 9.89. The topological polar surface area (TPSA) is 0 Å². The van der Waals surface area contributed by atoms with E-state index in [9.17, 15) is 11.0 Å². The largest absolute Gasteiger partial charge is 0.143 e. The van der Waals surface area contributed by atoms with Crippen LogP contribution in [0.5, 0.6) is 0 Å². The molecule has 0 amide bonds. The average Bonchev–Trinajstić information content (AvgIpc) is 3.55. The Balaban J connectivity index is 1.69. The van der Waals surface area contributed by atoms with Gasteiger partial charge in [0.15, 0.2) is 0 Å². The third-order valence-electron chi connectivity index (χ3n) is 6.91. The molecule has 41 heavy (non-hydrogen) atoms. The number of fused-ring (bicyclic) bond motifs is 3. The molecule has 0 unspecified atom stereocenters. The molecule has 1 heteroatoms. The molecule has 1 heterocycles. The lowest BCUT2D eigenvalue weighted by Crippen LogP contribution is -1.91. The number of rotatable bonds is 4. The summed E-state index contributed by atoms with van der Waals surface area (Å²) in [6.45, 7) is 0. The zero-order valence-electron chi connectivity index (χ0n) is 37.2. The third-order valence-corrected chi connectivity index (χ3v) is 7.72. The molecule has 0 aliphatic carbocycles. The Labute approximate surface area is 266 Å². The molecule has 0 radical (unpaired) electrons. The second-order valence-electron chi connectivity index (χ2n) is 9.27. The van der Waals surface area contributed by atoms with Crippen LogP contribution in [0.15, 0.2) is 157 Å². The molecule has 0 N–H and O–H groups in total. The standard InChI is InChI=1S/C40H26S/c1-3-12-27(13-4-1)29-16-11-17-31(24-29)39-33-18-7-9-20-35(33)40(36-21-10-8-19-34(36)39)37-26-41-38-25-30(22-23-32(37)38)28-14-5-2-6-15-28/h1-26H/i7D,8D,9D,10D,11D,16D,17D,18D,19D,20D,21D,22D,23D,24D,25D,26D. The molecule has 0 spiro atoms. The first-order chi connectivity index (χ1) is 27.0. The highest BCUT2D eigenvalue weighted by Crippen LogP contribution is 2.47. The molecule has 0 bridgehead atoms. The van der Waals surface area contributed by atoms with E-state index >= 15 is 0 Å². The Morgan fingerprint density at radius 3 is 1.56 bits per heavy atom. The fourth-order valence-electron chi connectivity index (χ4n) is 5.06. The van der Waals surface area contributed by atoms with Crippen molar-refractivity contribution in [2.75, 3.05) is 0 Å². The molecule has 8 aromatic rings. The first-order valence-electron chi connectivity index (χ1n) is 20.7. The fourth-order valence-corrected chi connectivity index (χ4v) is 5.88. The van der Waals surface area contributed by atoms with Crippen molar-refractivity contribution >= 4 is 43.0 Å². The van der Waals surface area contributed by atoms with E-state index in [4.69, 9.17) is 11.0 Å². The van der Waals surface area contributed by atoms with E-state index in [1.807, 2.05) is 0 Å². The van der Waals surface area contributed by atoms with Gasteiger partial charge in [-0.2, -0.15) is 0 Å². The van der Waals surface area contributed by atoms with Gasteiger partial charge in [0.2, 0.25) is 0 Å². The molecular weight excluding hydrogens is 513 g/mol. The molecule has 0 fully saturated rings. The molecule has 8 rings (SSSR count). The maximum absolute atomic E-state index is 9.49. The van der Waals surface area contributed by atoms with Crippen LogP contribution >= 0.6 is 11.3 Å². The molecular formula is C40H26S. The van der Waals surface area contributed by atoms with Gasteiger partial charge < -0.3 is 0 Å². The smallest absolute Gasteiger partial charge is 0.0747 e. The van der Waals surface area contributed by atoms with Crippen molar-refractivity contribution in [3.63, 3.8) is 0 Å². The maximum atomic E-state index is 9.49. The summed E-state index contributed by atoms with van der Waals surface area (Å²) in [6.07, 6.45) is 0. The average molecular weight is 555 g/mol. The Morgan fingerprint density at radius 1 is 0.415 bits per heavy atom. The van der Waals surface area contributed by atoms with Gasteiger partial charge in [-0.1, -0.05) is 139 Å². The van der Waals surface area contributed by atoms with Gasteiger partial charge in [-0.15, -0.1) is 11.3 Å². The molecule has 1 aromatic heterocycles. The number of hydrogen-bond donors (Lipinski definition) is 0. The lowest BCUT2D eigenvalue weighted by atomic mass is 9.85. The van der Waals surface area contributed by atoms with Gasteiger partial charge in [0, 0.05) is 15.6 Å². The first-order valence-corrected chi connectivity index (χ1v) is 13.5. The quantitative estimate of drug-likeness (QED) is 0.190. The van der Waals surface area contributed by atoms with Gasteiger partial charge in [0.25, 0.3) is 0 Å². The summed E-state index contributed by atoms with van der Waals surface area (Å²) in [5, 5.41) is -1.88. The Hall–Kier alpha value is -4.98. The number of thiophene rings is 1. The lowest BCUT2D eigenvalue weighted by molar-refractivity contribution is 1.61.